The van der Waals surface area contributed by atoms with E-state index in [0.717, 1.165) is 18.6 Å². The van der Waals surface area contributed by atoms with Gasteiger partial charge in [0.15, 0.2) is 0 Å². The molecule has 1 fully saturated rings. The number of fused-ring (bicyclic) bond motifs is 1. The fraction of sp³-hybridized carbons (Fsp3) is 0.467. The maximum Gasteiger partial charge on any atom is 0.139 e. The summed E-state index contributed by atoms with van der Waals surface area (Å²) in [5, 5.41) is 14.7. The molecule has 3 rings (SSSR count). The quantitative estimate of drug-likeness (QED) is 0.809. The molecule has 1 aromatic heterocycles. The summed E-state index contributed by atoms with van der Waals surface area (Å²) in [6.45, 7) is 4.36. The number of phenolic OH excluding ortho intramolecular Hbond substituents is 1. The lowest BCUT2D eigenvalue weighted by molar-refractivity contribution is 0.460. The summed E-state index contributed by atoms with van der Waals surface area (Å²) in [5.41, 5.74) is 3.70. The van der Waals surface area contributed by atoms with Gasteiger partial charge < -0.3 is 15.0 Å². The number of piperidine rings is 1. The molecule has 0 saturated carbocycles. The van der Waals surface area contributed by atoms with Crippen molar-refractivity contribution >= 4 is 10.9 Å². The van der Waals surface area contributed by atoms with Crippen LogP contribution >= 0.6 is 0 Å². The first kappa shape index (κ1) is 11.6. The van der Waals surface area contributed by atoms with Crippen molar-refractivity contribution in [3.63, 3.8) is 0 Å². The van der Waals surface area contributed by atoms with Gasteiger partial charge in [0, 0.05) is 18.1 Å². The van der Waals surface area contributed by atoms with Crippen LogP contribution in [0.5, 0.6) is 5.75 Å². The molecule has 0 aliphatic carbocycles. The summed E-state index contributed by atoms with van der Waals surface area (Å²) < 4.78 is 2.13. The Kier molecular flexibility index (Phi) is 2.78. The van der Waals surface area contributed by atoms with E-state index in [2.05, 4.69) is 22.9 Å². The number of rotatable bonds is 1. The second kappa shape index (κ2) is 4.32. The molecule has 3 nitrogen and oxygen atoms in total. The van der Waals surface area contributed by atoms with Crippen molar-refractivity contribution in [3.8, 4) is 5.75 Å². The van der Waals surface area contributed by atoms with Gasteiger partial charge >= 0.3 is 0 Å². The van der Waals surface area contributed by atoms with Crippen LogP contribution in [0.15, 0.2) is 18.2 Å². The molecule has 0 bridgehead atoms. The third-order valence-corrected chi connectivity index (χ3v) is 4.28. The highest BCUT2D eigenvalue weighted by Crippen LogP contribution is 2.38. The Morgan fingerprint density at radius 2 is 2.00 bits per heavy atom. The average Bonchev–Trinajstić information content (AvgIpc) is 2.64. The van der Waals surface area contributed by atoms with Crippen LogP contribution in [0, 0.1) is 6.92 Å². The first-order chi connectivity index (χ1) is 8.70. The molecular weight excluding hydrogens is 224 g/mol. The first-order valence-electron chi connectivity index (χ1n) is 6.67. The minimum atomic E-state index is 0.387. The van der Waals surface area contributed by atoms with Crippen LogP contribution in [0.4, 0.5) is 0 Å². The lowest BCUT2D eigenvalue weighted by Crippen LogP contribution is -2.26. The second-order valence-electron chi connectivity index (χ2n) is 5.26. The van der Waals surface area contributed by atoms with E-state index < -0.39 is 0 Å². The highest BCUT2D eigenvalue weighted by Gasteiger charge is 2.23. The molecule has 0 amide bonds. The molecule has 0 radical (unpaired) electrons. The van der Waals surface area contributed by atoms with E-state index in [1.165, 1.54) is 29.5 Å². The van der Waals surface area contributed by atoms with E-state index in [1.54, 1.807) is 6.07 Å². The van der Waals surface area contributed by atoms with Gasteiger partial charge in [0.1, 0.15) is 5.75 Å². The molecule has 1 aromatic carbocycles. The van der Waals surface area contributed by atoms with E-state index >= 15 is 0 Å². The van der Waals surface area contributed by atoms with E-state index in [-0.39, 0.29) is 0 Å². The van der Waals surface area contributed by atoms with Gasteiger partial charge in [-0.25, -0.2) is 0 Å². The number of nitrogens with zero attached hydrogens (tertiary/aromatic N) is 1. The fourth-order valence-corrected chi connectivity index (χ4v) is 3.27. The minimum absolute atomic E-state index is 0.387. The number of hydrogen-bond donors (Lipinski definition) is 2. The maximum absolute atomic E-state index is 10.1. The van der Waals surface area contributed by atoms with E-state index in [9.17, 15) is 5.11 Å². The van der Waals surface area contributed by atoms with Gasteiger partial charge in [-0.05, 0) is 50.4 Å². The number of aromatic hydroxyl groups is 1. The average molecular weight is 244 g/mol. The molecule has 2 heterocycles. The maximum atomic E-state index is 10.1. The monoisotopic (exact) mass is 244 g/mol. The molecule has 0 atom stereocenters. The highest BCUT2D eigenvalue weighted by atomic mass is 16.3. The third-order valence-electron chi connectivity index (χ3n) is 4.28. The summed E-state index contributed by atoms with van der Waals surface area (Å²) in [7, 11) is 2.04. The minimum Gasteiger partial charge on any atom is -0.506 e. The molecule has 0 spiro atoms. The summed E-state index contributed by atoms with van der Waals surface area (Å²) >= 11 is 0. The normalized spacial score (nSPS) is 17.4. The molecule has 2 aromatic rings. The Balaban J connectivity index is 2.22. The predicted octanol–water partition coefficient (Wildman–Crippen LogP) is 2.66. The number of nitrogens with one attached hydrogen (secondary N) is 1. The van der Waals surface area contributed by atoms with Crippen LogP contribution in [0.1, 0.15) is 30.0 Å². The van der Waals surface area contributed by atoms with Crippen molar-refractivity contribution < 1.29 is 5.11 Å². The second-order valence-corrected chi connectivity index (χ2v) is 5.26. The fourth-order valence-electron chi connectivity index (χ4n) is 3.27. The Labute approximate surface area is 107 Å². The van der Waals surface area contributed by atoms with Crippen molar-refractivity contribution in [2.24, 2.45) is 7.05 Å². The SMILES string of the molecule is Cc1c(C2CCNCC2)c2cccc(O)c2n1C. The Morgan fingerprint density at radius 3 is 2.72 bits per heavy atom. The highest BCUT2D eigenvalue weighted by molar-refractivity contribution is 5.90. The Bertz CT molecular complexity index is 580. The third kappa shape index (κ3) is 1.62. The van der Waals surface area contributed by atoms with Crippen LogP contribution in [0.3, 0.4) is 0 Å². The number of aryl methyl sites for hydroxylation is 1. The topological polar surface area (TPSA) is 37.2 Å². The van der Waals surface area contributed by atoms with E-state index in [4.69, 9.17) is 0 Å². The van der Waals surface area contributed by atoms with Crippen LogP contribution in [0.25, 0.3) is 10.9 Å². The Hall–Kier alpha value is -1.48. The zero-order chi connectivity index (χ0) is 12.7. The molecular formula is C15H20N2O. The molecule has 96 valence electrons. The zero-order valence-corrected chi connectivity index (χ0v) is 11.0. The van der Waals surface area contributed by atoms with Gasteiger partial charge in [-0.2, -0.15) is 0 Å². The van der Waals surface area contributed by atoms with Gasteiger partial charge in [0.2, 0.25) is 0 Å². The number of aromatic nitrogens is 1. The van der Waals surface area contributed by atoms with Crippen molar-refractivity contribution in [1.82, 2.24) is 9.88 Å². The smallest absolute Gasteiger partial charge is 0.139 e. The van der Waals surface area contributed by atoms with Crippen molar-refractivity contribution in [2.45, 2.75) is 25.7 Å². The molecule has 1 aliphatic heterocycles. The molecule has 3 heteroatoms. The van der Waals surface area contributed by atoms with Crippen molar-refractivity contribution in [2.75, 3.05) is 13.1 Å². The van der Waals surface area contributed by atoms with Gasteiger partial charge in [-0.1, -0.05) is 12.1 Å². The number of para-hydroxylation sites is 1. The van der Waals surface area contributed by atoms with Crippen LogP contribution < -0.4 is 5.32 Å². The van der Waals surface area contributed by atoms with Crippen LogP contribution in [-0.4, -0.2) is 22.8 Å². The summed E-state index contributed by atoms with van der Waals surface area (Å²) in [6.07, 6.45) is 2.38. The number of hydrogen-bond acceptors (Lipinski definition) is 2. The first-order valence-corrected chi connectivity index (χ1v) is 6.67. The van der Waals surface area contributed by atoms with Crippen molar-refractivity contribution in [3.05, 3.63) is 29.5 Å². The largest absolute Gasteiger partial charge is 0.506 e. The van der Waals surface area contributed by atoms with Gasteiger partial charge in [0.25, 0.3) is 0 Å². The summed E-state index contributed by atoms with van der Waals surface area (Å²) in [6, 6.07) is 5.86. The molecule has 1 saturated heterocycles. The summed E-state index contributed by atoms with van der Waals surface area (Å²) in [5.74, 6) is 1.01. The van der Waals surface area contributed by atoms with Crippen LogP contribution in [-0.2, 0) is 7.05 Å². The zero-order valence-electron chi connectivity index (χ0n) is 11.0. The van der Waals surface area contributed by atoms with E-state index in [0.29, 0.717) is 11.7 Å². The number of benzene rings is 1. The molecule has 2 N–H and O–H groups in total. The lowest BCUT2D eigenvalue weighted by Gasteiger charge is -2.23. The molecule has 18 heavy (non-hydrogen) atoms. The van der Waals surface area contributed by atoms with Gasteiger partial charge in [0.05, 0.1) is 5.52 Å². The standard InChI is InChI=1S/C15H20N2O/c1-10-14(11-6-8-16-9-7-11)12-4-3-5-13(18)15(12)17(10)2/h3-5,11,16,18H,6-9H2,1-2H3. The Morgan fingerprint density at radius 1 is 1.28 bits per heavy atom. The molecule has 0 unspecified atom stereocenters. The van der Waals surface area contributed by atoms with Gasteiger partial charge in [-0.15, -0.1) is 0 Å². The predicted molar refractivity (Wildman–Crippen MR) is 74.2 cm³/mol. The molecule has 1 aliphatic rings. The number of phenols is 1. The van der Waals surface area contributed by atoms with E-state index in [1.807, 2.05) is 13.1 Å². The van der Waals surface area contributed by atoms with Crippen molar-refractivity contribution in [1.29, 1.82) is 0 Å². The summed E-state index contributed by atoms with van der Waals surface area (Å²) in [4.78, 5) is 0. The lowest BCUT2D eigenvalue weighted by atomic mass is 9.88. The van der Waals surface area contributed by atoms with Gasteiger partial charge in [-0.3, -0.25) is 0 Å². The van der Waals surface area contributed by atoms with Crippen LogP contribution in [0.2, 0.25) is 0 Å².